The standard InChI is InChI=1S/C28H27NO5/c1-5-34-28(31)26-25(20-10-11-22(30)19-9-7-6-8-18(19)20)16(2)29-13-12-17-14-23(32-3)24(33-4)15-21(17)27(26)29/h6-11,14-15,30H,5,12-13H2,1-4H3. The molecule has 2 heterocycles. The molecule has 0 unspecified atom stereocenters. The van der Waals surface area contributed by atoms with E-state index in [0.29, 0.717) is 17.1 Å². The van der Waals surface area contributed by atoms with E-state index in [-0.39, 0.29) is 18.3 Å². The van der Waals surface area contributed by atoms with Gasteiger partial charge in [0, 0.05) is 28.8 Å². The Hall–Kier alpha value is -3.93. The van der Waals surface area contributed by atoms with Crippen LogP contribution in [0.5, 0.6) is 17.2 Å². The lowest BCUT2D eigenvalue weighted by atomic mass is 9.91. The summed E-state index contributed by atoms with van der Waals surface area (Å²) in [5, 5.41) is 12.1. The molecule has 3 aromatic carbocycles. The van der Waals surface area contributed by atoms with Crippen molar-refractivity contribution in [2.75, 3.05) is 20.8 Å². The van der Waals surface area contributed by atoms with Crippen LogP contribution in [-0.2, 0) is 17.7 Å². The van der Waals surface area contributed by atoms with Crippen molar-refractivity contribution in [2.45, 2.75) is 26.8 Å². The van der Waals surface area contributed by atoms with Gasteiger partial charge in [0.25, 0.3) is 0 Å². The predicted octanol–water partition coefficient (Wildman–Crippen LogP) is 5.74. The van der Waals surface area contributed by atoms with Crippen molar-refractivity contribution in [3.63, 3.8) is 0 Å². The molecule has 34 heavy (non-hydrogen) atoms. The number of benzene rings is 3. The molecule has 0 atom stereocenters. The second-order valence-corrected chi connectivity index (χ2v) is 8.35. The van der Waals surface area contributed by atoms with E-state index >= 15 is 0 Å². The molecule has 4 aromatic rings. The first-order chi connectivity index (χ1) is 16.5. The SMILES string of the molecule is CCOC(=O)c1c(-c2ccc(O)c3ccccc23)c(C)n2c1-c1cc(OC)c(OC)cc1CC2. The summed E-state index contributed by atoms with van der Waals surface area (Å²) in [6, 6.07) is 15.2. The summed E-state index contributed by atoms with van der Waals surface area (Å²) >= 11 is 0. The number of aromatic nitrogens is 1. The zero-order chi connectivity index (χ0) is 24.0. The van der Waals surface area contributed by atoms with E-state index < -0.39 is 0 Å². The van der Waals surface area contributed by atoms with Gasteiger partial charge < -0.3 is 23.9 Å². The van der Waals surface area contributed by atoms with Gasteiger partial charge in [-0.05, 0) is 61.0 Å². The number of esters is 1. The number of nitrogens with zero attached hydrogens (tertiary/aromatic N) is 1. The quantitative estimate of drug-likeness (QED) is 0.387. The van der Waals surface area contributed by atoms with Gasteiger partial charge in [0.1, 0.15) is 5.75 Å². The number of phenols is 1. The molecular formula is C28H27NO5. The molecule has 0 radical (unpaired) electrons. The summed E-state index contributed by atoms with van der Waals surface area (Å²) in [7, 11) is 3.23. The summed E-state index contributed by atoms with van der Waals surface area (Å²) in [6.07, 6.45) is 0.802. The molecule has 0 amide bonds. The summed E-state index contributed by atoms with van der Waals surface area (Å²) in [4.78, 5) is 13.5. The number of methoxy groups -OCH3 is 2. The maximum absolute atomic E-state index is 13.5. The summed E-state index contributed by atoms with van der Waals surface area (Å²) < 4.78 is 18.9. The summed E-state index contributed by atoms with van der Waals surface area (Å²) in [5.74, 6) is 1.12. The summed E-state index contributed by atoms with van der Waals surface area (Å²) in [6.45, 7) is 4.85. The highest BCUT2D eigenvalue weighted by Gasteiger charge is 2.33. The minimum Gasteiger partial charge on any atom is -0.507 e. The van der Waals surface area contributed by atoms with Crippen molar-refractivity contribution < 1.29 is 24.1 Å². The van der Waals surface area contributed by atoms with E-state index in [1.165, 1.54) is 0 Å². The van der Waals surface area contributed by atoms with E-state index in [1.807, 2.05) is 56.3 Å². The molecule has 1 aliphatic rings. The van der Waals surface area contributed by atoms with E-state index in [4.69, 9.17) is 14.2 Å². The fourth-order valence-electron chi connectivity index (χ4n) is 5.11. The maximum atomic E-state index is 13.5. The largest absolute Gasteiger partial charge is 0.507 e. The van der Waals surface area contributed by atoms with Gasteiger partial charge in [-0.3, -0.25) is 0 Å². The maximum Gasteiger partial charge on any atom is 0.340 e. The molecule has 6 nitrogen and oxygen atoms in total. The third-order valence-electron chi connectivity index (χ3n) is 6.64. The van der Waals surface area contributed by atoms with Crippen LogP contribution in [-0.4, -0.2) is 36.5 Å². The van der Waals surface area contributed by atoms with Gasteiger partial charge in [0.2, 0.25) is 0 Å². The molecule has 174 valence electrons. The van der Waals surface area contributed by atoms with Gasteiger partial charge in [-0.25, -0.2) is 4.79 Å². The third kappa shape index (κ3) is 3.21. The number of hydrogen-bond acceptors (Lipinski definition) is 5. The van der Waals surface area contributed by atoms with Crippen molar-refractivity contribution in [1.82, 2.24) is 4.57 Å². The van der Waals surface area contributed by atoms with Gasteiger partial charge in [-0.15, -0.1) is 0 Å². The molecule has 5 rings (SSSR count). The zero-order valence-electron chi connectivity index (χ0n) is 19.8. The van der Waals surface area contributed by atoms with Crippen molar-refractivity contribution in [2.24, 2.45) is 0 Å². The van der Waals surface area contributed by atoms with Crippen molar-refractivity contribution in [3.8, 4) is 39.6 Å². The number of carbonyl (C=O) groups excluding carboxylic acids is 1. The number of ether oxygens (including phenoxy) is 3. The number of hydrogen-bond donors (Lipinski definition) is 1. The van der Waals surface area contributed by atoms with Gasteiger partial charge in [0.05, 0.1) is 32.1 Å². The van der Waals surface area contributed by atoms with Crippen molar-refractivity contribution in [1.29, 1.82) is 0 Å². The Morgan fingerprint density at radius 1 is 1.00 bits per heavy atom. The molecule has 6 heteroatoms. The molecule has 1 aromatic heterocycles. The van der Waals surface area contributed by atoms with E-state index in [0.717, 1.165) is 57.4 Å². The van der Waals surface area contributed by atoms with Crippen molar-refractivity contribution >= 4 is 16.7 Å². The van der Waals surface area contributed by atoms with Crippen LogP contribution in [0, 0.1) is 6.92 Å². The Labute approximate surface area is 198 Å². The lowest BCUT2D eigenvalue weighted by molar-refractivity contribution is 0.0528. The normalized spacial score (nSPS) is 12.2. The minimum absolute atomic E-state index is 0.209. The average Bonchev–Trinajstić information content (AvgIpc) is 3.16. The molecule has 0 bridgehead atoms. The molecule has 1 N–H and O–H groups in total. The van der Waals surface area contributed by atoms with Crippen LogP contribution in [0.15, 0.2) is 48.5 Å². The van der Waals surface area contributed by atoms with Crippen LogP contribution in [0.1, 0.15) is 28.5 Å². The predicted molar refractivity (Wildman–Crippen MR) is 132 cm³/mol. The molecule has 0 saturated heterocycles. The smallest absolute Gasteiger partial charge is 0.340 e. The van der Waals surface area contributed by atoms with Crippen LogP contribution >= 0.6 is 0 Å². The number of rotatable bonds is 5. The Balaban J connectivity index is 1.87. The Kier molecular flexibility index (Phi) is 5.44. The van der Waals surface area contributed by atoms with Gasteiger partial charge in [-0.1, -0.05) is 24.3 Å². The van der Waals surface area contributed by atoms with Crippen LogP contribution < -0.4 is 9.47 Å². The van der Waals surface area contributed by atoms with Gasteiger partial charge >= 0.3 is 5.97 Å². The average molecular weight is 458 g/mol. The third-order valence-corrected chi connectivity index (χ3v) is 6.64. The lowest BCUT2D eigenvalue weighted by Gasteiger charge is -2.23. The van der Waals surface area contributed by atoms with E-state index in [1.54, 1.807) is 20.3 Å². The number of aryl methyl sites for hydroxylation is 1. The Morgan fingerprint density at radius 3 is 2.41 bits per heavy atom. The monoisotopic (exact) mass is 457 g/mol. The molecule has 0 fully saturated rings. The number of aromatic hydroxyl groups is 1. The fourth-order valence-corrected chi connectivity index (χ4v) is 5.11. The van der Waals surface area contributed by atoms with Crippen LogP contribution in [0.3, 0.4) is 0 Å². The Morgan fingerprint density at radius 2 is 1.71 bits per heavy atom. The van der Waals surface area contributed by atoms with Crippen molar-refractivity contribution in [3.05, 3.63) is 65.4 Å². The molecular weight excluding hydrogens is 430 g/mol. The van der Waals surface area contributed by atoms with Crippen LogP contribution in [0.2, 0.25) is 0 Å². The topological polar surface area (TPSA) is 69.9 Å². The number of carbonyl (C=O) groups is 1. The summed E-state index contributed by atoms with van der Waals surface area (Å²) in [5.41, 5.74) is 6.08. The van der Waals surface area contributed by atoms with Gasteiger partial charge in [-0.2, -0.15) is 0 Å². The second kappa shape index (κ2) is 8.45. The van der Waals surface area contributed by atoms with E-state index in [2.05, 4.69) is 4.57 Å². The van der Waals surface area contributed by atoms with Crippen LogP contribution in [0.25, 0.3) is 33.2 Å². The van der Waals surface area contributed by atoms with E-state index in [9.17, 15) is 9.90 Å². The zero-order valence-corrected chi connectivity index (χ0v) is 19.8. The number of fused-ring (bicyclic) bond motifs is 4. The molecule has 0 spiro atoms. The van der Waals surface area contributed by atoms with Crippen LogP contribution in [0.4, 0.5) is 0 Å². The van der Waals surface area contributed by atoms with Gasteiger partial charge in [0.15, 0.2) is 11.5 Å². The first kappa shape index (κ1) is 21.9. The first-order valence-corrected chi connectivity index (χ1v) is 11.4. The first-order valence-electron chi connectivity index (χ1n) is 11.4. The fraction of sp³-hybridized carbons (Fsp3) is 0.250. The minimum atomic E-state index is -0.367. The second-order valence-electron chi connectivity index (χ2n) is 8.35. The highest BCUT2D eigenvalue weighted by atomic mass is 16.5. The Bertz CT molecular complexity index is 1430. The highest BCUT2D eigenvalue weighted by molar-refractivity contribution is 6.10. The highest BCUT2D eigenvalue weighted by Crippen LogP contribution is 2.47. The lowest BCUT2D eigenvalue weighted by Crippen LogP contribution is -2.15. The molecule has 1 aliphatic heterocycles. The molecule has 0 aliphatic carbocycles. The molecule has 0 saturated carbocycles. The number of phenolic OH excluding ortho intramolecular Hbond substituents is 1.